The first-order valence-electron chi connectivity index (χ1n) is 13.1. The van der Waals surface area contributed by atoms with Gasteiger partial charge < -0.3 is 19.7 Å². The fourth-order valence-electron chi connectivity index (χ4n) is 5.41. The molecule has 0 aromatic heterocycles. The molecule has 5 rings (SSSR count). The summed E-state index contributed by atoms with van der Waals surface area (Å²) in [5, 5.41) is 20.0. The minimum absolute atomic E-state index is 0.0234. The van der Waals surface area contributed by atoms with Crippen molar-refractivity contribution in [1.29, 1.82) is 0 Å². The molecule has 3 atom stereocenters. The van der Waals surface area contributed by atoms with Crippen molar-refractivity contribution in [3.63, 3.8) is 0 Å². The van der Waals surface area contributed by atoms with Crippen LogP contribution in [0.25, 0.3) is 11.1 Å². The van der Waals surface area contributed by atoms with E-state index in [0.29, 0.717) is 46.8 Å². The monoisotopic (exact) mass is 539 g/mol. The molecular weight excluding hydrogens is 507 g/mol. The van der Waals surface area contributed by atoms with Crippen LogP contribution in [0.1, 0.15) is 55.5 Å². The van der Waals surface area contributed by atoms with Crippen LogP contribution in [-0.4, -0.2) is 40.9 Å². The van der Waals surface area contributed by atoms with E-state index >= 15 is 0 Å². The quantitative estimate of drug-likeness (QED) is 0.345. The molecule has 1 saturated heterocycles. The minimum Gasteiger partial charge on any atom is -0.508 e. The van der Waals surface area contributed by atoms with Crippen molar-refractivity contribution in [1.82, 2.24) is 4.90 Å². The Morgan fingerprint density at radius 3 is 2.46 bits per heavy atom. The first-order valence-corrected chi connectivity index (χ1v) is 13.1. The number of fused-ring (bicyclic) bond motifs is 1. The third-order valence-corrected chi connectivity index (χ3v) is 7.64. The van der Waals surface area contributed by atoms with Gasteiger partial charge in [-0.1, -0.05) is 25.1 Å². The summed E-state index contributed by atoms with van der Waals surface area (Å²) in [5.41, 5.74) is 1.66. The molecule has 0 saturated carbocycles. The molecule has 8 heteroatoms. The van der Waals surface area contributed by atoms with Gasteiger partial charge in [-0.3, -0.25) is 4.90 Å². The highest BCUT2D eigenvalue weighted by Crippen LogP contribution is 2.48. The number of likely N-dealkylation sites (tertiary alicyclic amines) is 1. The second kappa shape index (κ2) is 10.5. The lowest BCUT2D eigenvalue weighted by Gasteiger charge is -2.31. The van der Waals surface area contributed by atoms with Crippen molar-refractivity contribution in [2.75, 3.05) is 19.7 Å². The van der Waals surface area contributed by atoms with Crippen molar-refractivity contribution < 1.29 is 32.9 Å². The van der Waals surface area contributed by atoms with E-state index in [9.17, 15) is 23.4 Å². The van der Waals surface area contributed by atoms with Gasteiger partial charge in [0, 0.05) is 23.7 Å². The number of allylic oxidation sites excluding steroid dienone is 1. The van der Waals surface area contributed by atoms with E-state index in [1.165, 1.54) is 24.6 Å². The van der Waals surface area contributed by atoms with Gasteiger partial charge in [-0.05, 0) is 91.9 Å². The second-order valence-corrected chi connectivity index (χ2v) is 10.6. The maximum absolute atomic E-state index is 13.6. The first-order chi connectivity index (χ1) is 18.5. The lowest BCUT2D eigenvalue weighted by atomic mass is 9.85. The molecule has 2 heterocycles. The molecule has 3 aromatic rings. The number of aromatic hydroxyl groups is 2. The van der Waals surface area contributed by atoms with Gasteiger partial charge >= 0.3 is 6.18 Å². The van der Waals surface area contributed by atoms with Gasteiger partial charge in [-0.15, -0.1) is 0 Å². The normalized spacial score (nSPS) is 20.5. The number of hydrogen-bond acceptors (Lipinski definition) is 5. The highest BCUT2D eigenvalue weighted by Gasteiger charge is 2.36. The Hall–Kier alpha value is -3.65. The molecule has 3 aromatic carbocycles. The van der Waals surface area contributed by atoms with Crippen LogP contribution in [0.2, 0.25) is 0 Å². The number of phenolic OH excluding ortho intramolecular Hbond substituents is 2. The van der Waals surface area contributed by atoms with E-state index in [1.54, 1.807) is 13.0 Å². The van der Waals surface area contributed by atoms with Crippen LogP contribution in [0.4, 0.5) is 13.2 Å². The Kier molecular flexibility index (Phi) is 7.25. The summed E-state index contributed by atoms with van der Waals surface area (Å²) in [5.74, 6) is 1.10. The molecule has 0 spiro atoms. The number of ether oxygens (including phenoxy) is 2. The molecule has 5 nitrogen and oxygen atoms in total. The van der Waals surface area contributed by atoms with E-state index in [2.05, 4.69) is 18.7 Å². The number of rotatable bonds is 6. The van der Waals surface area contributed by atoms with Gasteiger partial charge in [0.05, 0.1) is 5.56 Å². The molecule has 0 aliphatic carbocycles. The maximum atomic E-state index is 13.6. The summed E-state index contributed by atoms with van der Waals surface area (Å²) >= 11 is 0. The third kappa shape index (κ3) is 5.57. The number of halogens is 3. The summed E-state index contributed by atoms with van der Waals surface area (Å²) < 4.78 is 53.3. The lowest BCUT2D eigenvalue weighted by molar-refractivity contribution is -0.138. The summed E-state index contributed by atoms with van der Waals surface area (Å²) in [6, 6.07) is 15.8. The second-order valence-electron chi connectivity index (χ2n) is 10.6. The molecule has 206 valence electrons. The summed E-state index contributed by atoms with van der Waals surface area (Å²) in [4.78, 5) is 2.43. The fourth-order valence-corrected chi connectivity index (χ4v) is 5.41. The molecule has 0 amide bonds. The zero-order valence-corrected chi connectivity index (χ0v) is 22.1. The molecule has 39 heavy (non-hydrogen) atoms. The van der Waals surface area contributed by atoms with Gasteiger partial charge in [0.1, 0.15) is 35.7 Å². The van der Waals surface area contributed by atoms with E-state index < -0.39 is 23.6 Å². The van der Waals surface area contributed by atoms with Gasteiger partial charge in [0.15, 0.2) is 0 Å². The maximum Gasteiger partial charge on any atom is 0.419 e. The fraction of sp³-hybridized carbons (Fsp3) is 0.355. The van der Waals surface area contributed by atoms with Gasteiger partial charge in [0.2, 0.25) is 0 Å². The van der Waals surface area contributed by atoms with Crippen molar-refractivity contribution in [3.8, 4) is 23.0 Å². The minimum atomic E-state index is -4.72. The first kappa shape index (κ1) is 26.9. The Morgan fingerprint density at radius 2 is 1.79 bits per heavy atom. The largest absolute Gasteiger partial charge is 0.508 e. The van der Waals surface area contributed by atoms with Crippen molar-refractivity contribution >= 4 is 11.1 Å². The Labute approximate surface area is 226 Å². The third-order valence-electron chi connectivity index (χ3n) is 7.64. The summed E-state index contributed by atoms with van der Waals surface area (Å²) in [7, 11) is 0. The average molecular weight is 540 g/mol. The van der Waals surface area contributed by atoms with Crippen LogP contribution in [-0.2, 0) is 6.18 Å². The molecule has 2 N–H and O–H groups in total. The zero-order chi connectivity index (χ0) is 27.9. The van der Waals surface area contributed by atoms with Crippen LogP contribution in [0.15, 0.2) is 60.7 Å². The number of benzene rings is 3. The van der Waals surface area contributed by atoms with E-state index in [4.69, 9.17) is 9.47 Å². The number of nitrogens with zero attached hydrogens (tertiary/aromatic N) is 1. The van der Waals surface area contributed by atoms with Gasteiger partial charge in [0.25, 0.3) is 0 Å². The molecule has 2 aliphatic heterocycles. The van der Waals surface area contributed by atoms with Crippen LogP contribution >= 0.6 is 0 Å². The SMILES string of the molecule is CC1=C(c2ccc(O)c(C(F)(F)F)c2)C(c2ccc(OCC(C)N3CCC(C)C3)cc2)Oc2ccc(O)cc21. The molecule has 2 aliphatic rings. The van der Waals surface area contributed by atoms with Crippen LogP contribution in [0.5, 0.6) is 23.0 Å². The molecule has 0 radical (unpaired) electrons. The van der Waals surface area contributed by atoms with Gasteiger partial charge in [-0.2, -0.15) is 13.2 Å². The van der Waals surface area contributed by atoms with E-state index in [-0.39, 0.29) is 11.3 Å². The molecule has 1 fully saturated rings. The Bertz CT molecular complexity index is 1380. The standard InChI is InChI=1S/C31H32F3NO4/c1-18-12-13-35(16-18)19(2)17-38-24-8-4-21(5-9-24)30-29(20(3)25-15-23(36)7-11-28(25)39-30)22-6-10-27(37)26(14-22)31(32,33)34/h4-11,14-15,18-19,30,36-37H,12-13,16-17H2,1-3H3. The Balaban J connectivity index is 1.46. The molecule has 0 bridgehead atoms. The molecular formula is C31H32F3NO4. The highest BCUT2D eigenvalue weighted by atomic mass is 19.4. The zero-order valence-electron chi connectivity index (χ0n) is 22.1. The highest BCUT2D eigenvalue weighted by molar-refractivity contribution is 5.96. The topological polar surface area (TPSA) is 62.2 Å². The summed E-state index contributed by atoms with van der Waals surface area (Å²) in [6.45, 7) is 8.91. The van der Waals surface area contributed by atoms with Crippen molar-refractivity contribution in [3.05, 3.63) is 82.9 Å². The summed E-state index contributed by atoms with van der Waals surface area (Å²) in [6.07, 6.45) is -4.24. The average Bonchev–Trinajstić information content (AvgIpc) is 3.34. The predicted octanol–water partition coefficient (Wildman–Crippen LogP) is 7.29. The van der Waals surface area contributed by atoms with Crippen LogP contribution in [0.3, 0.4) is 0 Å². The van der Waals surface area contributed by atoms with E-state index in [1.807, 2.05) is 24.3 Å². The lowest BCUT2D eigenvalue weighted by Crippen LogP contribution is -2.35. The van der Waals surface area contributed by atoms with E-state index in [0.717, 1.165) is 30.8 Å². The Morgan fingerprint density at radius 1 is 1.05 bits per heavy atom. The molecule has 3 unspecified atom stereocenters. The number of phenols is 2. The number of hydrogen-bond donors (Lipinski definition) is 2. The van der Waals surface area contributed by atoms with Crippen LogP contribution in [0, 0.1) is 5.92 Å². The van der Waals surface area contributed by atoms with Gasteiger partial charge in [-0.25, -0.2) is 0 Å². The number of alkyl halides is 3. The van der Waals surface area contributed by atoms with Crippen LogP contribution < -0.4 is 9.47 Å². The smallest absolute Gasteiger partial charge is 0.419 e. The van der Waals surface area contributed by atoms with Crippen molar-refractivity contribution in [2.24, 2.45) is 5.92 Å². The predicted molar refractivity (Wildman–Crippen MR) is 144 cm³/mol. The van der Waals surface area contributed by atoms with Crippen molar-refractivity contribution in [2.45, 2.75) is 45.5 Å².